The van der Waals surface area contributed by atoms with Gasteiger partial charge in [0.2, 0.25) is 11.8 Å². The van der Waals surface area contributed by atoms with Crippen molar-refractivity contribution in [3.8, 4) is 0 Å². The minimum atomic E-state index is 0.0264. The third-order valence-electron chi connectivity index (χ3n) is 3.14. The molecule has 118 valence electrons. The zero-order valence-corrected chi connectivity index (χ0v) is 13.4. The maximum absolute atomic E-state index is 11.8. The fourth-order valence-corrected chi connectivity index (χ4v) is 1.71. The van der Waals surface area contributed by atoms with Crippen molar-refractivity contribution in [2.45, 2.75) is 25.7 Å². The summed E-state index contributed by atoms with van der Waals surface area (Å²) in [5, 5.41) is 0. The van der Waals surface area contributed by atoms with E-state index in [0.29, 0.717) is 13.1 Å². The molecule has 0 aliphatic rings. The molecule has 6 nitrogen and oxygen atoms in total. The molecule has 0 saturated heterocycles. The standard InChI is InChI=1S/C14H30N4O2/c1-16(2)13(19)11-18(12-14(20)17(3)4)10-8-6-5-7-9-15/h5-12,15H2,1-4H3. The molecule has 0 aromatic carbocycles. The van der Waals surface area contributed by atoms with Crippen LogP contribution in [0.4, 0.5) is 0 Å². The van der Waals surface area contributed by atoms with E-state index in [2.05, 4.69) is 0 Å². The fourth-order valence-electron chi connectivity index (χ4n) is 1.71. The first-order chi connectivity index (χ1) is 9.38. The van der Waals surface area contributed by atoms with Crippen LogP contribution in [0.25, 0.3) is 0 Å². The summed E-state index contributed by atoms with van der Waals surface area (Å²) in [7, 11) is 6.93. The molecule has 0 radical (unpaired) electrons. The lowest BCUT2D eigenvalue weighted by molar-refractivity contribution is -0.133. The Bertz CT molecular complexity index is 271. The summed E-state index contributed by atoms with van der Waals surface area (Å²) in [6.45, 7) is 2.08. The van der Waals surface area contributed by atoms with E-state index >= 15 is 0 Å². The van der Waals surface area contributed by atoms with Crippen LogP contribution in [-0.4, -0.2) is 80.9 Å². The van der Waals surface area contributed by atoms with Crippen LogP contribution >= 0.6 is 0 Å². The largest absolute Gasteiger partial charge is 0.348 e. The predicted octanol–water partition coefficient (Wildman–Crippen LogP) is -0.0161. The molecule has 0 aliphatic heterocycles. The summed E-state index contributed by atoms with van der Waals surface area (Å²) in [5.74, 6) is 0.0528. The Morgan fingerprint density at radius 2 is 1.25 bits per heavy atom. The molecule has 6 heteroatoms. The minimum Gasteiger partial charge on any atom is -0.348 e. The molecule has 0 fully saturated rings. The van der Waals surface area contributed by atoms with Crippen molar-refractivity contribution in [3.05, 3.63) is 0 Å². The van der Waals surface area contributed by atoms with Crippen LogP contribution in [0.2, 0.25) is 0 Å². The van der Waals surface area contributed by atoms with E-state index < -0.39 is 0 Å². The topological polar surface area (TPSA) is 69.9 Å². The molecule has 0 spiro atoms. The Morgan fingerprint density at radius 1 is 0.800 bits per heavy atom. The summed E-state index contributed by atoms with van der Waals surface area (Å²) >= 11 is 0. The number of unbranched alkanes of at least 4 members (excludes halogenated alkanes) is 3. The van der Waals surface area contributed by atoms with Gasteiger partial charge in [0.15, 0.2) is 0 Å². The second-order valence-electron chi connectivity index (χ2n) is 5.49. The number of likely N-dealkylation sites (N-methyl/N-ethyl adjacent to an activating group) is 2. The van der Waals surface area contributed by atoms with E-state index in [0.717, 1.165) is 38.8 Å². The molecule has 2 N–H and O–H groups in total. The zero-order chi connectivity index (χ0) is 15.5. The molecule has 0 aliphatic carbocycles. The monoisotopic (exact) mass is 286 g/mol. The quantitative estimate of drug-likeness (QED) is 0.573. The molecule has 0 heterocycles. The van der Waals surface area contributed by atoms with Crippen LogP contribution in [0.1, 0.15) is 25.7 Å². The van der Waals surface area contributed by atoms with Gasteiger partial charge in [-0.3, -0.25) is 14.5 Å². The molecule has 2 amide bonds. The molecular weight excluding hydrogens is 256 g/mol. The molecule has 0 atom stereocenters. The van der Waals surface area contributed by atoms with Gasteiger partial charge in [-0.25, -0.2) is 0 Å². The van der Waals surface area contributed by atoms with Crippen molar-refractivity contribution >= 4 is 11.8 Å². The Morgan fingerprint density at radius 3 is 1.65 bits per heavy atom. The molecule has 0 rings (SSSR count). The van der Waals surface area contributed by atoms with E-state index in [1.807, 2.05) is 4.90 Å². The first kappa shape index (κ1) is 18.9. The summed E-state index contributed by atoms with van der Waals surface area (Å²) in [6.07, 6.45) is 4.21. The van der Waals surface area contributed by atoms with Crippen LogP contribution in [0.5, 0.6) is 0 Å². The third-order valence-corrected chi connectivity index (χ3v) is 3.14. The molecule has 0 unspecified atom stereocenters. The zero-order valence-electron chi connectivity index (χ0n) is 13.4. The summed E-state index contributed by atoms with van der Waals surface area (Å²) in [4.78, 5) is 28.6. The number of amides is 2. The van der Waals surface area contributed by atoms with Crippen LogP contribution in [-0.2, 0) is 9.59 Å². The highest BCUT2D eigenvalue weighted by atomic mass is 16.2. The van der Waals surface area contributed by atoms with Gasteiger partial charge in [0, 0.05) is 28.2 Å². The smallest absolute Gasteiger partial charge is 0.236 e. The number of nitrogens with two attached hydrogens (primary N) is 1. The van der Waals surface area contributed by atoms with Gasteiger partial charge in [-0.2, -0.15) is 0 Å². The Labute approximate surface area is 122 Å². The Balaban J connectivity index is 4.24. The molecule has 0 aromatic heterocycles. The van der Waals surface area contributed by atoms with Crippen LogP contribution < -0.4 is 5.73 Å². The second-order valence-corrected chi connectivity index (χ2v) is 5.49. The number of hydrogen-bond acceptors (Lipinski definition) is 4. The van der Waals surface area contributed by atoms with E-state index in [4.69, 9.17) is 5.73 Å². The summed E-state index contributed by atoms with van der Waals surface area (Å²) in [5.41, 5.74) is 5.46. The van der Waals surface area contributed by atoms with Crippen LogP contribution in [0.3, 0.4) is 0 Å². The maximum Gasteiger partial charge on any atom is 0.236 e. The van der Waals surface area contributed by atoms with Crippen molar-refractivity contribution in [3.63, 3.8) is 0 Å². The van der Waals surface area contributed by atoms with Gasteiger partial charge in [0.05, 0.1) is 13.1 Å². The highest BCUT2D eigenvalue weighted by Crippen LogP contribution is 2.02. The number of nitrogens with zero attached hydrogens (tertiary/aromatic N) is 3. The second kappa shape index (κ2) is 10.6. The van der Waals surface area contributed by atoms with Crippen LogP contribution in [0.15, 0.2) is 0 Å². The molecule has 0 saturated carbocycles. The normalized spacial score (nSPS) is 10.7. The van der Waals surface area contributed by atoms with E-state index in [9.17, 15) is 9.59 Å². The lowest BCUT2D eigenvalue weighted by Crippen LogP contribution is -2.42. The fraction of sp³-hybridized carbons (Fsp3) is 0.857. The number of carbonyl (C=O) groups is 2. The highest BCUT2D eigenvalue weighted by molar-refractivity contribution is 5.80. The lowest BCUT2D eigenvalue weighted by Gasteiger charge is -2.24. The van der Waals surface area contributed by atoms with Crippen molar-refractivity contribution in [1.82, 2.24) is 14.7 Å². The van der Waals surface area contributed by atoms with Crippen molar-refractivity contribution in [2.24, 2.45) is 5.73 Å². The molecular formula is C14H30N4O2. The maximum atomic E-state index is 11.8. The molecule has 0 bridgehead atoms. The first-order valence-electron chi connectivity index (χ1n) is 7.21. The van der Waals surface area contributed by atoms with Gasteiger partial charge >= 0.3 is 0 Å². The third kappa shape index (κ3) is 8.87. The van der Waals surface area contributed by atoms with Crippen molar-refractivity contribution in [1.29, 1.82) is 0 Å². The van der Waals surface area contributed by atoms with Gasteiger partial charge in [-0.15, -0.1) is 0 Å². The van der Waals surface area contributed by atoms with Crippen LogP contribution in [0, 0.1) is 0 Å². The number of carbonyl (C=O) groups excluding carboxylic acids is 2. The summed E-state index contributed by atoms with van der Waals surface area (Å²) < 4.78 is 0. The van der Waals surface area contributed by atoms with Gasteiger partial charge in [-0.05, 0) is 25.9 Å². The predicted molar refractivity (Wildman–Crippen MR) is 81.4 cm³/mol. The van der Waals surface area contributed by atoms with E-state index in [1.54, 1.807) is 38.0 Å². The average molecular weight is 286 g/mol. The van der Waals surface area contributed by atoms with Gasteiger partial charge in [0.25, 0.3) is 0 Å². The molecule has 20 heavy (non-hydrogen) atoms. The Kier molecular flexibility index (Phi) is 10.0. The average Bonchev–Trinajstić information content (AvgIpc) is 2.37. The summed E-state index contributed by atoms with van der Waals surface area (Å²) in [6, 6.07) is 0. The van der Waals surface area contributed by atoms with E-state index in [-0.39, 0.29) is 11.8 Å². The van der Waals surface area contributed by atoms with Gasteiger partial charge in [0.1, 0.15) is 0 Å². The molecule has 0 aromatic rings. The van der Waals surface area contributed by atoms with Crippen molar-refractivity contribution in [2.75, 3.05) is 54.4 Å². The first-order valence-corrected chi connectivity index (χ1v) is 7.21. The lowest BCUT2D eigenvalue weighted by atomic mass is 10.2. The number of hydrogen-bond donors (Lipinski definition) is 1. The highest BCUT2D eigenvalue weighted by Gasteiger charge is 2.16. The van der Waals surface area contributed by atoms with Gasteiger partial charge in [-0.1, -0.05) is 12.8 Å². The van der Waals surface area contributed by atoms with Crippen molar-refractivity contribution < 1.29 is 9.59 Å². The minimum absolute atomic E-state index is 0.0264. The van der Waals surface area contributed by atoms with Gasteiger partial charge < -0.3 is 15.5 Å². The number of rotatable bonds is 10. The van der Waals surface area contributed by atoms with E-state index in [1.165, 1.54) is 0 Å². The Hall–Kier alpha value is -1.14. The SMILES string of the molecule is CN(C)C(=O)CN(CCCCCCN)CC(=O)N(C)C.